The Kier molecular flexibility index (Phi) is 4.35. The fourth-order valence-corrected chi connectivity index (χ4v) is 4.20. The largest absolute Gasteiger partial charge is 0.380 e. The van der Waals surface area contributed by atoms with E-state index < -0.39 is 0 Å². The molecule has 0 spiro atoms. The molecule has 3 aromatic rings. The van der Waals surface area contributed by atoms with Crippen molar-refractivity contribution in [3.8, 4) is 11.5 Å². The lowest BCUT2D eigenvalue weighted by atomic mass is 9.98. The molecule has 1 saturated heterocycles. The summed E-state index contributed by atoms with van der Waals surface area (Å²) >= 11 is 0. The summed E-state index contributed by atoms with van der Waals surface area (Å²) in [6.45, 7) is 6.96. The van der Waals surface area contributed by atoms with Gasteiger partial charge in [0, 0.05) is 6.04 Å². The fraction of sp³-hybridized carbons (Fsp3) is 0.429. The van der Waals surface area contributed by atoms with E-state index in [-0.39, 0.29) is 29.7 Å². The molecule has 2 amide bonds. The van der Waals surface area contributed by atoms with Crippen LogP contribution >= 0.6 is 0 Å². The van der Waals surface area contributed by atoms with Crippen LogP contribution in [0.15, 0.2) is 18.3 Å². The van der Waals surface area contributed by atoms with Gasteiger partial charge in [-0.1, -0.05) is 6.92 Å². The van der Waals surface area contributed by atoms with Crippen molar-refractivity contribution in [1.82, 2.24) is 20.2 Å². The summed E-state index contributed by atoms with van der Waals surface area (Å²) < 4.78 is 5.09. The number of carbonyl (C=O) groups excluding carboxylic acids is 2. The minimum Gasteiger partial charge on any atom is -0.380 e. The van der Waals surface area contributed by atoms with Gasteiger partial charge in [-0.25, -0.2) is 4.98 Å². The van der Waals surface area contributed by atoms with E-state index in [2.05, 4.69) is 20.5 Å². The van der Waals surface area contributed by atoms with Gasteiger partial charge in [0.2, 0.25) is 11.8 Å². The Labute approximate surface area is 173 Å². The topological polar surface area (TPSA) is 116 Å². The Hall–Kier alpha value is -3.20. The Balaban J connectivity index is 1.52. The molecular weight excluding hydrogens is 384 g/mol. The van der Waals surface area contributed by atoms with Crippen molar-refractivity contribution in [1.29, 1.82) is 0 Å². The summed E-state index contributed by atoms with van der Waals surface area (Å²) in [6.07, 6.45) is 2.33. The number of anilines is 2. The molecule has 0 bridgehead atoms. The van der Waals surface area contributed by atoms with Crippen LogP contribution in [0, 0.1) is 5.92 Å². The van der Waals surface area contributed by atoms with Crippen LogP contribution < -0.4 is 10.2 Å². The number of aromatic amines is 2. The highest BCUT2D eigenvalue weighted by atomic mass is 16.5. The van der Waals surface area contributed by atoms with Gasteiger partial charge in [-0.15, -0.1) is 0 Å². The second-order valence-electron chi connectivity index (χ2n) is 8.16. The number of carbonyl (C=O) groups is 2. The van der Waals surface area contributed by atoms with Gasteiger partial charge in [0.05, 0.1) is 53.7 Å². The average molecular weight is 408 g/mol. The van der Waals surface area contributed by atoms with E-state index in [1.807, 2.05) is 37.8 Å². The summed E-state index contributed by atoms with van der Waals surface area (Å²) in [5.74, 6) is 0.383. The first-order chi connectivity index (χ1) is 14.5. The molecule has 1 aromatic carbocycles. The zero-order valence-electron chi connectivity index (χ0n) is 17.2. The van der Waals surface area contributed by atoms with Gasteiger partial charge in [-0.05, 0) is 38.0 Å². The predicted octanol–water partition coefficient (Wildman–Crippen LogP) is 2.79. The molecule has 2 aromatic heterocycles. The summed E-state index contributed by atoms with van der Waals surface area (Å²) in [6, 6.07) is 4.07. The molecule has 4 heterocycles. The van der Waals surface area contributed by atoms with Gasteiger partial charge in [0.15, 0.2) is 5.82 Å². The van der Waals surface area contributed by atoms with Crippen molar-refractivity contribution >= 4 is 34.2 Å². The van der Waals surface area contributed by atoms with Crippen LogP contribution in [-0.4, -0.2) is 51.2 Å². The lowest BCUT2D eigenvalue weighted by molar-refractivity contribution is -0.133. The van der Waals surface area contributed by atoms with E-state index in [4.69, 9.17) is 9.72 Å². The number of amides is 2. The molecule has 0 aliphatic carbocycles. The Morgan fingerprint density at radius 3 is 2.83 bits per heavy atom. The van der Waals surface area contributed by atoms with Crippen molar-refractivity contribution in [3.63, 3.8) is 0 Å². The van der Waals surface area contributed by atoms with Gasteiger partial charge in [0.1, 0.15) is 5.69 Å². The third kappa shape index (κ3) is 2.80. The molecule has 5 rings (SSSR count). The molecule has 9 nitrogen and oxygen atoms in total. The number of H-pyrrole nitrogens is 2. The smallest absolute Gasteiger partial charge is 0.234 e. The fourth-order valence-electron chi connectivity index (χ4n) is 4.20. The minimum absolute atomic E-state index is 0.0774. The van der Waals surface area contributed by atoms with Gasteiger partial charge >= 0.3 is 0 Å². The van der Waals surface area contributed by atoms with Gasteiger partial charge < -0.3 is 19.9 Å². The molecule has 3 N–H and O–H groups in total. The molecule has 9 heteroatoms. The van der Waals surface area contributed by atoms with Gasteiger partial charge in [0.25, 0.3) is 0 Å². The SMILES string of the molecule is CCC1C(=O)N(C(C)C)c2cc3nc(-c4[nH]ncc4NC(=O)C4COC4)[nH]c3cc21. The number of ether oxygens (including phenoxy) is 1. The third-order valence-electron chi connectivity index (χ3n) is 5.87. The van der Waals surface area contributed by atoms with Gasteiger partial charge in [-0.2, -0.15) is 5.10 Å². The molecule has 2 aliphatic rings. The highest BCUT2D eigenvalue weighted by molar-refractivity contribution is 6.07. The second-order valence-corrected chi connectivity index (χ2v) is 8.16. The van der Waals surface area contributed by atoms with Crippen molar-refractivity contribution in [2.75, 3.05) is 23.4 Å². The van der Waals surface area contributed by atoms with Crippen molar-refractivity contribution < 1.29 is 14.3 Å². The van der Waals surface area contributed by atoms with Crippen LogP contribution in [0.5, 0.6) is 0 Å². The van der Waals surface area contributed by atoms with E-state index in [9.17, 15) is 9.59 Å². The quantitative estimate of drug-likeness (QED) is 0.600. The second kappa shape index (κ2) is 6.94. The van der Waals surface area contributed by atoms with Crippen LogP contribution in [0.4, 0.5) is 11.4 Å². The Morgan fingerprint density at radius 1 is 1.37 bits per heavy atom. The lowest BCUT2D eigenvalue weighted by Gasteiger charge is -2.24. The van der Waals surface area contributed by atoms with Crippen LogP contribution in [0.3, 0.4) is 0 Å². The van der Waals surface area contributed by atoms with Crippen molar-refractivity contribution in [3.05, 3.63) is 23.9 Å². The van der Waals surface area contributed by atoms with Crippen LogP contribution in [0.25, 0.3) is 22.6 Å². The average Bonchev–Trinajstić information content (AvgIpc) is 3.32. The van der Waals surface area contributed by atoms with Gasteiger partial charge in [-0.3, -0.25) is 14.7 Å². The maximum absolute atomic E-state index is 12.9. The molecule has 1 unspecified atom stereocenters. The summed E-state index contributed by atoms with van der Waals surface area (Å²) in [4.78, 5) is 35.0. The maximum Gasteiger partial charge on any atom is 0.234 e. The van der Waals surface area contributed by atoms with Crippen LogP contribution in [0.2, 0.25) is 0 Å². The molecular formula is C21H24N6O3. The predicted molar refractivity (Wildman–Crippen MR) is 112 cm³/mol. The number of aromatic nitrogens is 4. The number of hydrogen-bond acceptors (Lipinski definition) is 5. The number of hydrogen-bond donors (Lipinski definition) is 3. The third-order valence-corrected chi connectivity index (χ3v) is 5.87. The van der Waals surface area contributed by atoms with Crippen LogP contribution in [-0.2, 0) is 14.3 Å². The zero-order chi connectivity index (χ0) is 21.0. The first-order valence-corrected chi connectivity index (χ1v) is 10.3. The number of nitrogens with zero attached hydrogens (tertiary/aromatic N) is 3. The Bertz CT molecular complexity index is 1140. The Morgan fingerprint density at radius 2 is 2.17 bits per heavy atom. The highest BCUT2D eigenvalue weighted by Crippen LogP contribution is 2.42. The lowest BCUT2D eigenvalue weighted by Crippen LogP contribution is -2.38. The number of nitrogens with one attached hydrogen (secondary N) is 3. The minimum atomic E-state index is -0.134. The number of imidazole rings is 1. The van der Waals surface area contributed by atoms with E-state index in [0.29, 0.717) is 30.4 Å². The summed E-state index contributed by atoms with van der Waals surface area (Å²) in [7, 11) is 0. The van der Waals surface area contributed by atoms with E-state index >= 15 is 0 Å². The molecule has 1 atom stereocenters. The van der Waals surface area contributed by atoms with Crippen LogP contribution in [0.1, 0.15) is 38.7 Å². The molecule has 1 fully saturated rings. The first-order valence-electron chi connectivity index (χ1n) is 10.3. The zero-order valence-corrected chi connectivity index (χ0v) is 17.2. The molecule has 156 valence electrons. The van der Waals surface area contributed by atoms with Crippen molar-refractivity contribution in [2.24, 2.45) is 5.92 Å². The summed E-state index contributed by atoms with van der Waals surface area (Å²) in [5.41, 5.74) is 4.75. The molecule has 0 radical (unpaired) electrons. The molecule has 30 heavy (non-hydrogen) atoms. The highest BCUT2D eigenvalue weighted by Gasteiger charge is 2.38. The maximum atomic E-state index is 12.9. The van der Waals surface area contributed by atoms with E-state index in [1.54, 1.807) is 6.20 Å². The monoisotopic (exact) mass is 408 g/mol. The standard InChI is InChI=1S/C21H24N6O3/c1-4-12-13-5-14-15(6-17(13)27(10(2)3)21(12)29)24-19(23-14)18-16(7-22-26-18)25-20(28)11-8-30-9-11/h5-7,10-12H,4,8-9H2,1-3H3,(H,22,26)(H,23,24)(H,25,28). The van der Waals surface area contributed by atoms with Crippen molar-refractivity contribution in [2.45, 2.75) is 39.2 Å². The molecule has 2 aliphatic heterocycles. The number of benzene rings is 1. The van der Waals surface area contributed by atoms with E-state index in [0.717, 1.165) is 28.7 Å². The number of rotatable bonds is 5. The number of fused-ring (bicyclic) bond motifs is 2. The molecule has 0 saturated carbocycles. The normalized spacial score (nSPS) is 18.9. The van der Waals surface area contributed by atoms with E-state index in [1.165, 1.54) is 0 Å². The first kappa shape index (κ1) is 18.8. The summed E-state index contributed by atoms with van der Waals surface area (Å²) in [5, 5.41) is 9.89.